The number of esters is 1. The molecule has 0 saturated heterocycles. The van der Waals surface area contributed by atoms with Gasteiger partial charge in [-0.15, -0.1) is 0 Å². The maximum Gasteiger partial charge on any atom is 0.341 e. The van der Waals surface area contributed by atoms with E-state index in [0.29, 0.717) is 10.6 Å². The van der Waals surface area contributed by atoms with E-state index in [1.165, 1.54) is 0 Å². The molecule has 2 aromatic carbocycles. The van der Waals surface area contributed by atoms with Gasteiger partial charge in [-0.2, -0.15) is 0 Å². The lowest BCUT2D eigenvalue weighted by atomic mass is 10.2. The Balaban J connectivity index is 2.09. The Labute approximate surface area is 118 Å². The summed E-state index contributed by atoms with van der Waals surface area (Å²) >= 11 is 5.71. The van der Waals surface area contributed by atoms with E-state index in [1.54, 1.807) is 24.3 Å². The van der Waals surface area contributed by atoms with Crippen molar-refractivity contribution >= 4 is 23.3 Å². The van der Waals surface area contributed by atoms with Gasteiger partial charge in [0.25, 0.3) is 0 Å². The van der Waals surface area contributed by atoms with E-state index in [0.717, 1.165) is 12.1 Å². The molecule has 20 heavy (non-hydrogen) atoms. The summed E-state index contributed by atoms with van der Waals surface area (Å²) in [5.74, 6) is -2.76. The van der Waals surface area contributed by atoms with Gasteiger partial charge in [0.2, 0.25) is 0 Å². The SMILES string of the molecule is Nc1cc(F)c(C(=O)OCc2ccc(Cl)cc2)cc1F. The second kappa shape index (κ2) is 5.88. The highest BCUT2D eigenvalue weighted by Crippen LogP contribution is 2.18. The lowest BCUT2D eigenvalue weighted by Crippen LogP contribution is -2.09. The van der Waals surface area contributed by atoms with Crippen molar-refractivity contribution < 1.29 is 18.3 Å². The van der Waals surface area contributed by atoms with Crippen molar-refractivity contribution in [2.45, 2.75) is 6.61 Å². The van der Waals surface area contributed by atoms with Crippen LogP contribution in [0.1, 0.15) is 15.9 Å². The highest BCUT2D eigenvalue weighted by atomic mass is 35.5. The molecule has 0 saturated carbocycles. The van der Waals surface area contributed by atoms with Crippen molar-refractivity contribution in [3.8, 4) is 0 Å². The molecule has 2 rings (SSSR count). The zero-order valence-corrected chi connectivity index (χ0v) is 11.0. The summed E-state index contributed by atoms with van der Waals surface area (Å²) < 4.78 is 31.6. The van der Waals surface area contributed by atoms with Crippen molar-refractivity contribution in [2.24, 2.45) is 0 Å². The Kier molecular flexibility index (Phi) is 4.20. The fourth-order valence-electron chi connectivity index (χ4n) is 1.53. The van der Waals surface area contributed by atoms with Crippen molar-refractivity contribution in [1.29, 1.82) is 0 Å². The third-order valence-corrected chi connectivity index (χ3v) is 2.84. The largest absolute Gasteiger partial charge is 0.457 e. The van der Waals surface area contributed by atoms with Gasteiger partial charge in [0.1, 0.15) is 18.2 Å². The first-order valence-corrected chi connectivity index (χ1v) is 6.01. The first-order valence-electron chi connectivity index (χ1n) is 5.63. The molecular formula is C14H10ClF2NO2. The van der Waals surface area contributed by atoms with Crippen LogP contribution in [0.25, 0.3) is 0 Å². The number of hydrogen-bond acceptors (Lipinski definition) is 3. The number of rotatable bonds is 3. The van der Waals surface area contributed by atoms with Crippen LogP contribution < -0.4 is 5.73 Å². The smallest absolute Gasteiger partial charge is 0.341 e. The maximum absolute atomic E-state index is 13.5. The standard InChI is InChI=1S/C14H10ClF2NO2/c15-9-3-1-8(2-4-9)7-20-14(19)10-5-12(17)13(18)6-11(10)16/h1-6H,7,18H2. The molecule has 0 heterocycles. The van der Waals surface area contributed by atoms with E-state index in [1.807, 2.05) is 0 Å². The van der Waals surface area contributed by atoms with E-state index in [-0.39, 0.29) is 12.3 Å². The molecule has 0 aromatic heterocycles. The molecule has 0 aliphatic heterocycles. The molecule has 0 amide bonds. The molecular weight excluding hydrogens is 288 g/mol. The Morgan fingerprint density at radius 3 is 2.45 bits per heavy atom. The Morgan fingerprint density at radius 2 is 1.80 bits per heavy atom. The Morgan fingerprint density at radius 1 is 1.15 bits per heavy atom. The zero-order chi connectivity index (χ0) is 14.7. The molecule has 2 aromatic rings. The van der Waals surface area contributed by atoms with Crippen molar-refractivity contribution in [1.82, 2.24) is 0 Å². The molecule has 0 aliphatic carbocycles. The average molecular weight is 298 g/mol. The molecule has 3 nitrogen and oxygen atoms in total. The van der Waals surface area contributed by atoms with Gasteiger partial charge >= 0.3 is 5.97 Å². The number of nitrogen functional groups attached to an aromatic ring is 1. The van der Waals surface area contributed by atoms with Gasteiger partial charge in [0.05, 0.1) is 11.3 Å². The second-order valence-electron chi connectivity index (χ2n) is 4.06. The number of halogens is 3. The van der Waals surface area contributed by atoms with Gasteiger partial charge in [-0.05, 0) is 23.8 Å². The zero-order valence-electron chi connectivity index (χ0n) is 10.2. The number of anilines is 1. The molecule has 0 spiro atoms. The van der Waals surface area contributed by atoms with E-state index < -0.39 is 23.2 Å². The van der Waals surface area contributed by atoms with Gasteiger partial charge < -0.3 is 10.5 Å². The first-order chi connectivity index (χ1) is 9.47. The fourth-order valence-corrected chi connectivity index (χ4v) is 1.65. The summed E-state index contributed by atoms with van der Waals surface area (Å²) in [6, 6.07) is 8.05. The van der Waals surface area contributed by atoms with Gasteiger partial charge in [-0.1, -0.05) is 23.7 Å². The maximum atomic E-state index is 13.5. The molecule has 0 bridgehead atoms. The summed E-state index contributed by atoms with van der Waals surface area (Å²) in [7, 11) is 0. The molecule has 0 atom stereocenters. The van der Waals surface area contributed by atoms with Crippen LogP contribution in [0.4, 0.5) is 14.5 Å². The monoisotopic (exact) mass is 297 g/mol. The third kappa shape index (κ3) is 3.24. The van der Waals surface area contributed by atoms with E-state index in [9.17, 15) is 13.6 Å². The van der Waals surface area contributed by atoms with Gasteiger partial charge in [-0.25, -0.2) is 13.6 Å². The minimum atomic E-state index is -0.962. The summed E-state index contributed by atoms with van der Waals surface area (Å²) in [6.45, 7) is -0.0680. The number of benzene rings is 2. The molecule has 2 N–H and O–H groups in total. The number of ether oxygens (including phenoxy) is 1. The first kappa shape index (κ1) is 14.3. The highest BCUT2D eigenvalue weighted by Gasteiger charge is 2.16. The summed E-state index contributed by atoms with van der Waals surface area (Å²) in [4.78, 5) is 11.7. The number of nitrogens with two attached hydrogens (primary N) is 1. The molecule has 0 fully saturated rings. The normalized spacial score (nSPS) is 10.3. The van der Waals surface area contributed by atoms with Crippen LogP contribution in [0.2, 0.25) is 5.02 Å². The molecule has 0 aliphatic rings. The highest BCUT2D eigenvalue weighted by molar-refractivity contribution is 6.30. The lowest BCUT2D eigenvalue weighted by Gasteiger charge is -2.07. The molecule has 0 radical (unpaired) electrons. The predicted octanol–water partition coefficient (Wildman–Crippen LogP) is 3.56. The summed E-state index contributed by atoms with van der Waals surface area (Å²) in [5.41, 5.74) is 5.01. The predicted molar refractivity (Wildman–Crippen MR) is 71.3 cm³/mol. The van der Waals surface area contributed by atoms with Crippen LogP contribution in [0.3, 0.4) is 0 Å². The molecule has 6 heteroatoms. The molecule has 0 unspecified atom stereocenters. The Bertz CT molecular complexity index is 644. The van der Waals surface area contributed by atoms with Crippen LogP contribution in [0, 0.1) is 11.6 Å². The van der Waals surface area contributed by atoms with Crippen LogP contribution in [0.5, 0.6) is 0 Å². The van der Waals surface area contributed by atoms with E-state index >= 15 is 0 Å². The minimum Gasteiger partial charge on any atom is -0.457 e. The van der Waals surface area contributed by atoms with Gasteiger partial charge in [-0.3, -0.25) is 0 Å². The second-order valence-corrected chi connectivity index (χ2v) is 4.49. The van der Waals surface area contributed by atoms with Crippen LogP contribution in [0.15, 0.2) is 36.4 Å². The molecule has 104 valence electrons. The van der Waals surface area contributed by atoms with Crippen molar-refractivity contribution in [3.05, 3.63) is 64.2 Å². The van der Waals surface area contributed by atoms with Crippen LogP contribution in [-0.2, 0) is 11.3 Å². The van der Waals surface area contributed by atoms with Gasteiger partial charge in [0, 0.05) is 11.1 Å². The quantitative estimate of drug-likeness (QED) is 0.696. The fraction of sp³-hybridized carbons (Fsp3) is 0.0714. The summed E-state index contributed by atoms with van der Waals surface area (Å²) in [6.07, 6.45) is 0. The van der Waals surface area contributed by atoms with Crippen LogP contribution in [-0.4, -0.2) is 5.97 Å². The summed E-state index contributed by atoms with van der Waals surface area (Å²) in [5, 5.41) is 0.548. The number of hydrogen-bond donors (Lipinski definition) is 1. The van der Waals surface area contributed by atoms with E-state index in [4.69, 9.17) is 22.1 Å². The van der Waals surface area contributed by atoms with Crippen molar-refractivity contribution in [2.75, 3.05) is 5.73 Å². The third-order valence-electron chi connectivity index (χ3n) is 2.59. The Hall–Kier alpha value is -2.14. The van der Waals surface area contributed by atoms with E-state index in [2.05, 4.69) is 0 Å². The number of carbonyl (C=O) groups is 1. The number of carbonyl (C=O) groups excluding carboxylic acids is 1. The van der Waals surface area contributed by atoms with Gasteiger partial charge in [0.15, 0.2) is 0 Å². The van der Waals surface area contributed by atoms with Crippen LogP contribution >= 0.6 is 11.6 Å². The lowest BCUT2D eigenvalue weighted by molar-refractivity contribution is 0.0467. The minimum absolute atomic E-state index is 0.0680. The van der Waals surface area contributed by atoms with Crippen molar-refractivity contribution in [3.63, 3.8) is 0 Å². The average Bonchev–Trinajstić information content (AvgIpc) is 2.42. The topological polar surface area (TPSA) is 52.3 Å².